The molecule has 2 aliphatic carbocycles. The van der Waals surface area contributed by atoms with E-state index < -0.39 is 34.0 Å². The molecule has 2 atom stereocenters. The lowest BCUT2D eigenvalue weighted by Crippen LogP contribution is -2.70. The molecular formula is C31H29F2N5O3. The molecule has 210 valence electrons. The Balaban J connectivity index is 1.15. The van der Waals surface area contributed by atoms with Crippen LogP contribution >= 0.6 is 0 Å². The van der Waals surface area contributed by atoms with Gasteiger partial charge in [-0.15, -0.1) is 0 Å². The zero-order chi connectivity index (χ0) is 28.7. The first kappa shape index (κ1) is 25.8. The minimum Gasteiger partial charge on any atom is -0.325 e. The van der Waals surface area contributed by atoms with Crippen molar-refractivity contribution in [3.8, 4) is 0 Å². The van der Waals surface area contributed by atoms with Crippen LogP contribution in [0.25, 0.3) is 0 Å². The first-order valence-corrected chi connectivity index (χ1v) is 13.8. The van der Waals surface area contributed by atoms with Crippen LogP contribution in [0.4, 0.5) is 20.3 Å². The van der Waals surface area contributed by atoms with Crippen LogP contribution in [0.2, 0.25) is 0 Å². The number of benzene rings is 2. The van der Waals surface area contributed by atoms with Crippen LogP contribution in [0.1, 0.15) is 48.1 Å². The molecule has 0 radical (unpaired) electrons. The molecule has 0 saturated carbocycles. The number of hydrogen-bond donors (Lipinski definition) is 3. The number of carbonyl (C=O) groups excluding carboxylic acids is 3. The third-order valence-electron chi connectivity index (χ3n) is 9.34. The molecule has 2 spiro atoms. The molecule has 3 N–H and O–H groups in total. The number of nitrogens with one attached hydrogen (secondary N) is 3. The number of hydrogen-bond acceptors (Lipinski definition) is 5. The maximum Gasteiger partial charge on any atom is 0.244 e. The highest BCUT2D eigenvalue weighted by atomic mass is 19.1. The van der Waals surface area contributed by atoms with Crippen molar-refractivity contribution in [2.24, 2.45) is 0 Å². The lowest BCUT2D eigenvalue weighted by molar-refractivity contribution is -0.152. The van der Waals surface area contributed by atoms with Crippen molar-refractivity contribution >= 4 is 29.2 Å². The van der Waals surface area contributed by atoms with E-state index in [0.717, 1.165) is 22.8 Å². The van der Waals surface area contributed by atoms with Gasteiger partial charge in [-0.3, -0.25) is 14.4 Å². The fourth-order valence-electron chi connectivity index (χ4n) is 7.19. The summed E-state index contributed by atoms with van der Waals surface area (Å²) >= 11 is 0. The molecule has 1 aromatic heterocycles. The van der Waals surface area contributed by atoms with Gasteiger partial charge in [0.2, 0.25) is 17.7 Å². The standard InChI is InChI=1S/C31H29F2N5O3/c1-29(2)28(41)38(31(16-35-29)8-7-21-23(31)11-19(32)12-24(21)33)15-25(39)36-20-6-5-17-13-30(14-18(17)10-20)22-4-3-9-34-26(22)37-27(30)40/h3-6,9-12,35H,7-8,13-16H2,1-2H3,(H,36,39)(H,34,37,40). The molecule has 8 nitrogen and oxygen atoms in total. The molecule has 41 heavy (non-hydrogen) atoms. The number of rotatable bonds is 3. The van der Waals surface area contributed by atoms with E-state index in [-0.39, 0.29) is 24.9 Å². The number of pyridine rings is 1. The van der Waals surface area contributed by atoms with Crippen LogP contribution in [0, 0.1) is 11.6 Å². The fourth-order valence-corrected chi connectivity index (χ4v) is 7.19. The van der Waals surface area contributed by atoms with Crippen molar-refractivity contribution in [3.05, 3.63) is 88.1 Å². The Morgan fingerprint density at radius 3 is 2.71 bits per heavy atom. The van der Waals surface area contributed by atoms with E-state index in [4.69, 9.17) is 0 Å². The molecule has 4 aliphatic rings. The van der Waals surface area contributed by atoms with Gasteiger partial charge in [-0.05, 0) is 86.1 Å². The molecule has 2 aromatic carbocycles. The van der Waals surface area contributed by atoms with E-state index in [2.05, 4.69) is 20.9 Å². The molecule has 2 unspecified atom stereocenters. The zero-order valence-electron chi connectivity index (χ0n) is 22.7. The van der Waals surface area contributed by atoms with Gasteiger partial charge in [0, 0.05) is 30.1 Å². The molecule has 2 aliphatic heterocycles. The monoisotopic (exact) mass is 557 g/mol. The fraction of sp³-hybridized carbons (Fsp3) is 0.355. The molecule has 7 rings (SSSR count). The van der Waals surface area contributed by atoms with Gasteiger partial charge in [0.05, 0.1) is 16.5 Å². The Kier molecular flexibility index (Phi) is 5.44. The zero-order valence-corrected chi connectivity index (χ0v) is 22.7. The lowest BCUT2D eigenvalue weighted by Gasteiger charge is -2.50. The van der Waals surface area contributed by atoms with Gasteiger partial charge in [0.25, 0.3) is 0 Å². The highest BCUT2D eigenvalue weighted by Crippen LogP contribution is 2.48. The van der Waals surface area contributed by atoms with E-state index >= 15 is 0 Å². The maximum atomic E-state index is 14.7. The predicted molar refractivity (Wildman–Crippen MR) is 147 cm³/mol. The van der Waals surface area contributed by atoms with Gasteiger partial charge in [0.15, 0.2) is 0 Å². The summed E-state index contributed by atoms with van der Waals surface area (Å²) in [6.07, 6.45) is 3.40. The molecule has 10 heteroatoms. The number of carbonyl (C=O) groups is 3. The van der Waals surface area contributed by atoms with Crippen LogP contribution in [-0.2, 0) is 44.6 Å². The number of fused-ring (bicyclic) bond motifs is 5. The minimum absolute atomic E-state index is 0.0807. The first-order valence-electron chi connectivity index (χ1n) is 13.8. The van der Waals surface area contributed by atoms with E-state index in [1.165, 1.54) is 11.0 Å². The lowest BCUT2D eigenvalue weighted by atomic mass is 9.79. The average molecular weight is 558 g/mol. The van der Waals surface area contributed by atoms with Crippen LogP contribution in [-0.4, -0.2) is 46.2 Å². The summed E-state index contributed by atoms with van der Waals surface area (Å²) in [5, 5.41) is 9.04. The highest BCUT2D eigenvalue weighted by molar-refractivity contribution is 6.06. The Hall–Kier alpha value is -4.18. The summed E-state index contributed by atoms with van der Waals surface area (Å²) in [5.74, 6) is -1.57. The van der Waals surface area contributed by atoms with E-state index in [0.29, 0.717) is 48.3 Å². The van der Waals surface area contributed by atoms with Gasteiger partial charge in [-0.1, -0.05) is 12.1 Å². The van der Waals surface area contributed by atoms with Gasteiger partial charge in [-0.2, -0.15) is 0 Å². The van der Waals surface area contributed by atoms with Crippen molar-refractivity contribution in [1.82, 2.24) is 15.2 Å². The molecule has 0 bridgehead atoms. The smallest absolute Gasteiger partial charge is 0.244 e. The first-order chi connectivity index (χ1) is 19.5. The molecule has 3 aromatic rings. The number of piperazine rings is 1. The van der Waals surface area contributed by atoms with Crippen molar-refractivity contribution < 1.29 is 23.2 Å². The summed E-state index contributed by atoms with van der Waals surface area (Å²) in [5.41, 5.74) is 1.49. The second-order valence-corrected chi connectivity index (χ2v) is 12.1. The minimum atomic E-state index is -1.04. The van der Waals surface area contributed by atoms with Gasteiger partial charge in [0.1, 0.15) is 24.0 Å². The van der Waals surface area contributed by atoms with Gasteiger partial charge >= 0.3 is 0 Å². The van der Waals surface area contributed by atoms with E-state index in [9.17, 15) is 23.2 Å². The van der Waals surface area contributed by atoms with Crippen molar-refractivity contribution in [1.29, 1.82) is 0 Å². The van der Waals surface area contributed by atoms with Crippen LogP contribution in [0.5, 0.6) is 0 Å². The number of anilines is 2. The van der Waals surface area contributed by atoms with Crippen LogP contribution < -0.4 is 16.0 Å². The Labute approximate surface area is 235 Å². The molecule has 1 saturated heterocycles. The van der Waals surface area contributed by atoms with Crippen molar-refractivity contribution in [2.75, 3.05) is 23.7 Å². The Morgan fingerprint density at radius 1 is 1.07 bits per heavy atom. The highest BCUT2D eigenvalue weighted by Gasteiger charge is 2.54. The number of amides is 3. The summed E-state index contributed by atoms with van der Waals surface area (Å²) in [6.45, 7) is 3.47. The third-order valence-corrected chi connectivity index (χ3v) is 9.34. The largest absolute Gasteiger partial charge is 0.325 e. The van der Waals surface area contributed by atoms with Crippen LogP contribution in [0.15, 0.2) is 48.7 Å². The van der Waals surface area contributed by atoms with Gasteiger partial charge in [-0.25, -0.2) is 13.8 Å². The van der Waals surface area contributed by atoms with E-state index in [1.807, 2.05) is 24.3 Å². The Bertz CT molecular complexity index is 1670. The molecular weight excluding hydrogens is 528 g/mol. The van der Waals surface area contributed by atoms with E-state index in [1.54, 1.807) is 26.1 Å². The molecule has 1 fully saturated rings. The van der Waals surface area contributed by atoms with Gasteiger partial charge < -0.3 is 20.9 Å². The third kappa shape index (κ3) is 3.73. The summed E-state index contributed by atoms with van der Waals surface area (Å²) < 4.78 is 29.0. The second kappa shape index (κ2) is 8.66. The Morgan fingerprint density at radius 2 is 1.88 bits per heavy atom. The van der Waals surface area contributed by atoms with Crippen LogP contribution in [0.3, 0.4) is 0 Å². The topological polar surface area (TPSA) is 103 Å². The van der Waals surface area contributed by atoms with Crippen molar-refractivity contribution in [2.45, 2.75) is 56.0 Å². The average Bonchev–Trinajstić information content (AvgIpc) is 3.57. The quantitative estimate of drug-likeness (QED) is 0.459. The summed E-state index contributed by atoms with van der Waals surface area (Å²) in [6, 6.07) is 11.5. The number of nitrogens with zero attached hydrogens (tertiary/aromatic N) is 2. The molecule has 3 heterocycles. The normalized spacial score (nSPS) is 25.3. The predicted octanol–water partition coefficient (Wildman–Crippen LogP) is 3.34. The summed E-state index contributed by atoms with van der Waals surface area (Å²) in [7, 11) is 0. The second-order valence-electron chi connectivity index (χ2n) is 12.1. The maximum absolute atomic E-state index is 14.7. The van der Waals surface area contributed by atoms with Crippen molar-refractivity contribution in [3.63, 3.8) is 0 Å². The number of halogens is 2. The summed E-state index contributed by atoms with van der Waals surface area (Å²) in [4.78, 5) is 45.9. The molecule has 3 amide bonds. The SMILES string of the molecule is CC1(C)NCC2(CCc3c(F)cc(F)cc32)N(CC(=O)Nc2ccc3c(c2)CC2(C3)C(=O)Nc3ncccc32)C1=O. The number of aromatic nitrogens is 1.